The zero-order chi connectivity index (χ0) is 14.0. The molecule has 2 unspecified atom stereocenters. The first-order valence-electron chi connectivity index (χ1n) is 6.58. The molecule has 1 aliphatic heterocycles. The lowest BCUT2D eigenvalue weighted by Crippen LogP contribution is -2.43. The first-order chi connectivity index (χ1) is 9.04. The molecule has 1 amide bonds. The molecule has 1 aromatic carbocycles. The standard InChI is InChI=1S/C14H20BrN3O/c1-9-5-6-18(8-10(9)7-16)12-4-2-3-11(15)13(12)14(17)19/h2-4,9-10H,5-8,16H2,1H3,(H2,17,19). The van der Waals surface area contributed by atoms with Crippen LogP contribution in [-0.2, 0) is 0 Å². The summed E-state index contributed by atoms with van der Waals surface area (Å²) in [5.74, 6) is 0.698. The van der Waals surface area contributed by atoms with Crippen LogP contribution in [0.25, 0.3) is 0 Å². The fourth-order valence-electron chi connectivity index (χ4n) is 2.70. The van der Waals surface area contributed by atoms with Crippen molar-refractivity contribution in [2.75, 3.05) is 24.5 Å². The second-order valence-corrected chi connectivity index (χ2v) is 6.06. The number of nitrogens with zero attached hydrogens (tertiary/aromatic N) is 1. The van der Waals surface area contributed by atoms with E-state index in [1.807, 2.05) is 18.2 Å². The van der Waals surface area contributed by atoms with Crippen molar-refractivity contribution >= 4 is 27.5 Å². The number of hydrogen-bond acceptors (Lipinski definition) is 3. The Kier molecular flexibility index (Phi) is 4.47. The number of carbonyl (C=O) groups is 1. The second kappa shape index (κ2) is 5.92. The number of nitrogens with two attached hydrogens (primary N) is 2. The largest absolute Gasteiger partial charge is 0.371 e. The maximum absolute atomic E-state index is 11.6. The number of primary amides is 1. The van der Waals surface area contributed by atoms with E-state index in [0.717, 1.165) is 29.7 Å². The summed E-state index contributed by atoms with van der Waals surface area (Å²) < 4.78 is 0.750. The molecule has 104 valence electrons. The third kappa shape index (κ3) is 2.92. The van der Waals surface area contributed by atoms with Gasteiger partial charge in [-0.15, -0.1) is 0 Å². The number of carbonyl (C=O) groups excluding carboxylic acids is 1. The van der Waals surface area contributed by atoms with E-state index in [9.17, 15) is 4.79 Å². The Bertz CT molecular complexity index is 478. The maximum Gasteiger partial charge on any atom is 0.251 e. The van der Waals surface area contributed by atoms with Gasteiger partial charge in [0.25, 0.3) is 5.91 Å². The molecule has 1 heterocycles. The molecule has 1 aromatic rings. The number of rotatable bonds is 3. The van der Waals surface area contributed by atoms with Crippen LogP contribution < -0.4 is 16.4 Å². The highest BCUT2D eigenvalue weighted by atomic mass is 79.9. The van der Waals surface area contributed by atoms with E-state index in [4.69, 9.17) is 11.5 Å². The Morgan fingerprint density at radius 3 is 2.89 bits per heavy atom. The normalized spacial score (nSPS) is 23.4. The number of anilines is 1. The van der Waals surface area contributed by atoms with Crippen molar-refractivity contribution in [3.05, 3.63) is 28.2 Å². The topological polar surface area (TPSA) is 72.3 Å². The van der Waals surface area contributed by atoms with Crippen molar-refractivity contribution in [2.24, 2.45) is 23.3 Å². The summed E-state index contributed by atoms with van der Waals surface area (Å²) in [6.45, 7) is 4.74. The summed E-state index contributed by atoms with van der Waals surface area (Å²) in [6.07, 6.45) is 1.09. The van der Waals surface area contributed by atoms with E-state index in [2.05, 4.69) is 27.8 Å². The zero-order valence-electron chi connectivity index (χ0n) is 11.1. The molecule has 0 bridgehead atoms. The molecule has 1 saturated heterocycles. The molecule has 4 N–H and O–H groups in total. The minimum absolute atomic E-state index is 0.398. The number of halogens is 1. The van der Waals surface area contributed by atoms with Gasteiger partial charge in [0.2, 0.25) is 0 Å². The van der Waals surface area contributed by atoms with Crippen LogP contribution in [0.2, 0.25) is 0 Å². The van der Waals surface area contributed by atoms with E-state index >= 15 is 0 Å². The van der Waals surface area contributed by atoms with E-state index in [1.165, 1.54) is 0 Å². The maximum atomic E-state index is 11.6. The summed E-state index contributed by atoms with van der Waals surface area (Å²) in [4.78, 5) is 13.9. The molecule has 4 nitrogen and oxygen atoms in total. The van der Waals surface area contributed by atoms with Gasteiger partial charge in [-0.3, -0.25) is 4.79 Å². The van der Waals surface area contributed by atoms with Crippen LogP contribution in [0.15, 0.2) is 22.7 Å². The minimum atomic E-state index is -0.398. The monoisotopic (exact) mass is 325 g/mol. The SMILES string of the molecule is CC1CCN(c2cccc(Br)c2C(N)=O)CC1CN. The molecule has 5 heteroatoms. The third-order valence-corrected chi connectivity index (χ3v) is 4.66. The van der Waals surface area contributed by atoms with Crippen molar-refractivity contribution < 1.29 is 4.79 Å². The molecular formula is C14H20BrN3O. The van der Waals surface area contributed by atoms with Crippen LogP contribution in [0.1, 0.15) is 23.7 Å². The van der Waals surface area contributed by atoms with Gasteiger partial charge in [0.1, 0.15) is 0 Å². The van der Waals surface area contributed by atoms with Gasteiger partial charge in [0, 0.05) is 17.6 Å². The van der Waals surface area contributed by atoms with Gasteiger partial charge in [-0.05, 0) is 52.9 Å². The average molecular weight is 326 g/mol. The zero-order valence-corrected chi connectivity index (χ0v) is 12.7. The van der Waals surface area contributed by atoms with Crippen molar-refractivity contribution in [3.8, 4) is 0 Å². The second-order valence-electron chi connectivity index (χ2n) is 5.21. The molecule has 0 aliphatic carbocycles. The summed E-state index contributed by atoms with van der Waals surface area (Å²) in [7, 11) is 0. The average Bonchev–Trinajstić information content (AvgIpc) is 2.38. The Morgan fingerprint density at radius 1 is 1.53 bits per heavy atom. The number of benzene rings is 1. The molecular weight excluding hydrogens is 306 g/mol. The highest BCUT2D eigenvalue weighted by Crippen LogP contribution is 2.32. The predicted molar refractivity (Wildman–Crippen MR) is 81.2 cm³/mol. The lowest BCUT2D eigenvalue weighted by atomic mass is 9.86. The molecule has 0 radical (unpaired) electrons. The minimum Gasteiger partial charge on any atom is -0.371 e. The van der Waals surface area contributed by atoms with Crippen LogP contribution >= 0.6 is 15.9 Å². The molecule has 0 saturated carbocycles. The van der Waals surface area contributed by atoms with Crippen molar-refractivity contribution in [1.29, 1.82) is 0 Å². The predicted octanol–water partition coefficient (Wildman–Crippen LogP) is 1.97. The van der Waals surface area contributed by atoms with Crippen molar-refractivity contribution in [3.63, 3.8) is 0 Å². The number of piperidine rings is 1. The highest BCUT2D eigenvalue weighted by Gasteiger charge is 2.27. The fraction of sp³-hybridized carbons (Fsp3) is 0.500. The van der Waals surface area contributed by atoms with Gasteiger partial charge in [0.05, 0.1) is 11.3 Å². The third-order valence-electron chi connectivity index (χ3n) is 4.00. The summed E-state index contributed by atoms with van der Waals surface area (Å²) in [6, 6.07) is 5.73. The quantitative estimate of drug-likeness (QED) is 0.892. The molecule has 1 aliphatic rings. The molecule has 0 spiro atoms. The van der Waals surface area contributed by atoms with Crippen LogP contribution in [0.5, 0.6) is 0 Å². The highest BCUT2D eigenvalue weighted by molar-refractivity contribution is 9.10. The van der Waals surface area contributed by atoms with Crippen molar-refractivity contribution in [2.45, 2.75) is 13.3 Å². The Hall–Kier alpha value is -1.07. The Balaban J connectivity index is 2.32. The van der Waals surface area contributed by atoms with Gasteiger partial charge in [-0.2, -0.15) is 0 Å². The first kappa shape index (κ1) is 14.3. The lowest BCUT2D eigenvalue weighted by Gasteiger charge is -2.38. The fourth-order valence-corrected chi connectivity index (χ4v) is 3.25. The van der Waals surface area contributed by atoms with Gasteiger partial charge in [-0.1, -0.05) is 13.0 Å². The number of hydrogen-bond donors (Lipinski definition) is 2. The molecule has 2 atom stereocenters. The van der Waals surface area contributed by atoms with E-state index in [-0.39, 0.29) is 0 Å². The van der Waals surface area contributed by atoms with Crippen LogP contribution in [-0.4, -0.2) is 25.5 Å². The Morgan fingerprint density at radius 2 is 2.26 bits per heavy atom. The van der Waals surface area contributed by atoms with Crippen LogP contribution in [0.4, 0.5) is 5.69 Å². The van der Waals surface area contributed by atoms with Crippen LogP contribution in [0.3, 0.4) is 0 Å². The summed E-state index contributed by atoms with van der Waals surface area (Å²) in [5.41, 5.74) is 12.8. The molecule has 0 aromatic heterocycles. The van der Waals surface area contributed by atoms with E-state index in [0.29, 0.717) is 23.9 Å². The Labute approximate surface area is 122 Å². The molecule has 2 rings (SSSR count). The van der Waals surface area contributed by atoms with Crippen LogP contribution in [0, 0.1) is 11.8 Å². The van der Waals surface area contributed by atoms with Gasteiger partial charge in [-0.25, -0.2) is 0 Å². The van der Waals surface area contributed by atoms with Crippen molar-refractivity contribution in [1.82, 2.24) is 0 Å². The lowest BCUT2D eigenvalue weighted by molar-refractivity contribution is 0.1000. The van der Waals surface area contributed by atoms with Gasteiger partial charge < -0.3 is 16.4 Å². The molecule has 1 fully saturated rings. The summed E-state index contributed by atoms with van der Waals surface area (Å²) >= 11 is 3.41. The van der Waals surface area contributed by atoms with Gasteiger partial charge in [0.15, 0.2) is 0 Å². The van der Waals surface area contributed by atoms with E-state index in [1.54, 1.807) is 0 Å². The number of amides is 1. The molecule has 19 heavy (non-hydrogen) atoms. The smallest absolute Gasteiger partial charge is 0.251 e. The van der Waals surface area contributed by atoms with E-state index < -0.39 is 5.91 Å². The summed E-state index contributed by atoms with van der Waals surface area (Å²) in [5, 5.41) is 0. The van der Waals surface area contributed by atoms with Gasteiger partial charge >= 0.3 is 0 Å². The first-order valence-corrected chi connectivity index (χ1v) is 7.37.